The summed E-state index contributed by atoms with van der Waals surface area (Å²) >= 11 is 0. The average molecular weight is 258 g/mol. The maximum Gasteiger partial charge on any atom is 0.341 e. The van der Waals surface area contributed by atoms with Gasteiger partial charge >= 0.3 is 5.97 Å². The van der Waals surface area contributed by atoms with Gasteiger partial charge in [0.1, 0.15) is 28.8 Å². The van der Waals surface area contributed by atoms with Crippen LogP contribution in [0.2, 0.25) is 0 Å². The minimum absolute atomic E-state index is 0.0799. The normalized spacial score (nSPS) is 9.68. The van der Waals surface area contributed by atoms with Crippen molar-refractivity contribution in [3.8, 4) is 17.7 Å². The summed E-state index contributed by atoms with van der Waals surface area (Å²) in [7, 11) is 0. The summed E-state index contributed by atoms with van der Waals surface area (Å²) in [6, 6.07) is 8.23. The highest BCUT2D eigenvalue weighted by Crippen LogP contribution is 2.27. The second kappa shape index (κ2) is 5.14. The van der Waals surface area contributed by atoms with Crippen LogP contribution in [0.25, 0.3) is 0 Å². The molecule has 0 spiro atoms. The van der Waals surface area contributed by atoms with Gasteiger partial charge in [-0.1, -0.05) is 6.07 Å². The van der Waals surface area contributed by atoms with E-state index in [1.165, 1.54) is 30.5 Å². The Morgan fingerprint density at radius 3 is 2.84 bits per heavy atom. The van der Waals surface area contributed by atoms with Crippen LogP contribution >= 0.6 is 0 Å². The van der Waals surface area contributed by atoms with E-state index >= 15 is 0 Å². The van der Waals surface area contributed by atoms with Gasteiger partial charge in [-0.15, -0.1) is 0 Å². The Labute approximate surface area is 107 Å². The summed E-state index contributed by atoms with van der Waals surface area (Å²) in [5, 5.41) is 17.8. The molecule has 0 amide bonds. The van der Waals surface area contributed by atoms with E-state index in [2.05, 4.69) is 4.98 Å². The molecule has 1 N–H and O–H groups in total. The third-order valence-corrected chi connectivity index (χ3v) is 2.30. The smallest absolute Gasteiger partial charge is 0.341 e. The second-order valence-electron chi connectivity index (χ2n) is 3.49. The Bertz CT molecular complexity index is 680. The number of nitriles is 1. The number of carboxylic acids is 1. The van der Waals surface area contributed by atoms with Gasteiger partial charge in [-0.2, -0.15) is 5.26 Å². The van der Waals surface area contributed by atoms with Gasteiger partial charge in [0.15, 0.2) is 0 Å². The number of pyridine rings is 1. The fourth-order valence-electron chi connectivity index (χ4n) is 1.44. The fourth-order valence-corrected chi connectivity index (χ4v) is 1.44. The number of benzene rings is 1. The maximum absolute atomic E-state index is 13.4. The molecule has 94 valence electrons. The van der Waals surface area contributed by atoms with Crippen LogP contribution in [0, 0.1) is 17.1 Å². The summed E-state index contributed by atoms with van der Waals surface area (Å²) in [6.07, 6.45) is 1.34. The molecule has 6 heteroatoms. The summed E-state index contributed by atoms with van der Waals surface area (Å²) in [5.74, 6) is -2.24. The number of nitrogens with zero attached hydrogens (tertiary/aromatic N) is 2. The zero-order chi connectivity index (χ0) is 13.8. The van der Waals surface area contributed by atoms with Crippen LogP contribution in [0.4, 0.5) is 4.39 Å². The van der Waals surface area contributed by atoms with Crippen LogP contribution in [-0.4, -0.2) is 16.1 Å². The number of ether oxygens (including phenoxy) is 1. The predicted octanol–water partition coefficient (Wildman–Crippen LogP) is 2.58. The molecule has 1 aromatic heterocycles. The lowest BCUT2D eigenvalue weighted by Gasteiger charge is -2.08. The van der Waals surface area contributed by atoms with E-state index in [0.717, 1.165) is 6.07 Å². The molecule has 0 atom stereocenters. The molecule has 2 aromatic rings. The second-order valence-corrected chi connectivity index (χ2v) is 3.49. The Hall–Kier alpha value is -2.94. The molecule has 0 aliphatic heterocycles. The molecule has 0 aliphatic rings. The van der Waals surface area contributed by atoms with Crippen molar-refractivity contribution in [1.29, 1.82) is 5.26 Å². The summed E-state index contributed by atoms with van der Waals surface area (Å²) in [4.78, 5) is 14.7. The molecule has 0 bridgehead atoms. The largest absolute Gasteiger partial charge is 0.477 e. The maximum atomic E-state index is 13.4. The lowest BCUT2D eigenvalue weighted by Crippen LogP contribution is -2.02. The van der Waals surface area contributed by atoms with Crippen molar-refractivity contribution in [1.82, 2.24) is 4.98 Å². The molecule has 2 rings (SSSR count). The van der Waals surface area contributed by atoms with Crippen LogP contribution in [0.15, 0.2) is 36.5 Å². The van der Waals surface area contributed by atoms with Gasteiger partial charge < -0.3 is 9.84 Å². The van der Waals surface area contributed by atoms with E-state index in [4.69, 9.17) is 15.1 Å². The molecular weight excluding hydrogens is 251 g/mol. The first-order valence-corrected chi connectivity index (χ1v) is 5.18. The zero-order valence-electron chi connectivity index (χ0n) is 9.50. The molecule has 5 nitrogen and oxygen atoms in total. The van der Waals surface area contributed by atoms with E-state index in [-0.39, 0.29) is 22.8 Å². The minimum Gasteiger partial charge on any atom is -0.477 e. The number of halogens is 1. The van der Waals surface area contributed by atoms with Crippen LogP contribution in [-0.2, 0) is 0 Å². The summed E-state index contributed by atoms with van der Waals surface area (Å²) < 4.78 is 18.6. The van der Waals surface area contributed by atoms with Crippen LogP contribution in [0.1, 0.15) is 15.9 Å². The molecule has 0 fully saturated rings. The average Bonchev–Trinajstić information content (AvgIpc) is 2.39. The monoisotopic (exact) mass is 258 g/mol. The van der Waals surface area contributed by atoms with Crippen LogP contribution < -0.4 is 4.74 Å². The molecule has 1 aromatic carbocycles. The number of carboxylic acid groups (broad SMARTS) is 1. The molecule has 0 unspecified atom stereocenters. The van der Waals surface area contributed by atoms with Gasteiger partial charge in [0.05, 0.1) is 0 Å². The van der Waals surface area contributed by atoms with E-state index in [1.807, 2.05) is 0 Å². The van der Waals surface area contributed by atoms with Crippen molar-refractivity contribution in [3.63, 3.8) is 0 Å². The van der Waals surface area contributed by atoms with Crippen molar-refractivity contribution in [2.45, 2.75) is 0 Å². The topological polar surface area (TPSA) is 83.2 Å². The van der Waals surface area contributed by atoms with Crippen LogP contribution in [0.5, 0.6) is 11.6 Å². The highest BCUT2D eigenvalue weighted by Gasteiger charge is 2.16. The van der Waals surface area contributed by atoms with Gasteiger partial charge in [-0.25, -0.2) is 14.2 Å². The van der Waals surface area contributed by atoms with Crippen molar-refractivity contribution >= 4 is 5.97 Å². The number of hydrogen-bond donors (Lipinski definition) is 1. The molecule has 0 radical (unpaired) electrons. The summed E-state index contributed by atoms with van der Waals surface area (Å²) in [5.41, 5.74) is -0.472. The lowest BCUT2D eigenvalue weighted by atomic mass is 10.2. The quantitative estimate of drug-likeness (QED) is 0.914. The third kappa shape index (κ3) is 2.50. The van der Waals surface area contributed by atoms with E-state index < -0.39 is 11.8 Å². The predicted molar refractivity (Wildman–Crippen MR) is 62.4 cm³/mol. The van der Waals surface area contributed by atoms with Crippen LogP contribution in [0.3, 0.4) is 0 Å². The first kappa shape index (κ1) is 12.5. The first-order chi connectivity index (χ1) is 9.13. The Balaban J connectivity index is 2.46. The number of aromatic nitrogens is 1. The van der Waals surface area contributed by atoms with Gasteiger partial charge in [0, 0.05) is 6.20 Å². The molecule has 19 heavy (non-hydrogen) atoms. The zero-order valence-corrected chi connectivity index (χ0v) is 9.50. The molecule has 0 saturated heterocycles. The number of rotatable bonds is 3. The Morgan fingerprint density at radius 1 is 1.37 bits per heavy atom. The first-order valence-electron chi connectivity index (χ1n) is 5.18. The fraction of sp³-hybridized carbons (Fsp3) is 0. The van der Waals surface area contributed by atoms with Gasteiger partial charge in [0.25, 0.3) is 0 Å². The highest BCUT2D eigenvalue weighted by molar-refractivity contribution is 5.90. The van der Waals surface area contributed by atoms with Gasteiger partial charge in [-0.05, 0) is 24.3 Å². The van der Waals surface area contributed by atoms with Crippen molar-refractivity contribution in [3.05, 3.63) is 53.5 Å². The molecule has 0 aliphatic carbocycles. The van der Waals surface area contributed by atoms with E-state index in [9.17, 15) is 9.18 Å². The Kier molecular flexibility index (Phi) is 3.39. The minimum atomic E-state index is -1.22. The molecule has 0 saturated carbocycles. The number of carbonyl (C=O) groups is 1. The number of aromatic carboxylic acids is 1. The molecular formula is C13H7FN2O3. The standard InChI is InChI=1S/C13H7FN2O3/c14-10-4-1-5-11(9(10)7-15)19-12-8(13(17)18)3-2-6-16-12/h1-6H,(H,17,18). The van der Waals surface area contributed by atoms with Gasteiger partial charge in [0.2, 0.25) is 5.88 Å². The van der Waals surface area contributed by atoms with Gasteiger partial charge in [-0.3, -0.25) is 0 Å². The lowest BCUT2D eigenvalue weighted by molar-refractivity contribution is 0.0693. The van der Waals surface area contributed by atoms with E-state index in [1.54, 1.807) is 6.07 Å². The third-order valence-electron chi connectivity index (χ3n) is 2.30. The van der Waals surface area contributed by atoms with Crippen molar-refractivity contribution < 1.29 is 19.0 Å². The summed E-state index contributed by atoms with van der Waals surface area (Å²) in [6.45, 7) is 0. The van der Waals surface area contributed by atoms with Crippen molar-refractivity contribution in [2.75, 3.05) is 0 Å². The highest BCUT2D eigenvalue weighted by atomic mass is 19.1. The molecule has 1 heterocycles. The number of hydrogen-bond acceptors (Lipinski definition) is 4. The van der Waals surface area contributed by atoms with E-state index in [0.29, 0.717) is 0 Å². The SMILES string of the molecule is N#Cc1c(F)cccc1Oc1ncccc1C(=O)O. The van der Waals surface area contributed by atoms with Crippen molar-refractivity contribution in [2.24, 2.45) is 0 Å². The Morgan fingerprint density at radius 2 is 2.16 bits per heavy atom.